The van der Waals surface area contributed by atoms with Crippen LogP contribution < -0.4 is 10.6 Å². The summed E-state index contributed by atoms with van der Waals surface area (Å²) in [4.78, 5) is 42.5. The molecular formula is C22H26N4O3. The first-order valence-electron chi connectivity index (χ1n) is 9.62. The molecule has 0 spiro atoms. The summed E-state index contributed by atoms with van der Waals surface area (Å²) >= 11 is 0. The molecule has 1 aromatic heterocycles. The minimum atomic E-state index is -0.347. The number of rotatable bonds is 5. The maximum absolute atomic E-state index is 12.5. The molecule has 1 saturated heterocycles. The van der Waals surface area contributed by atoms with Crippen LogP contribution in [0.1, 0.15) is 43.1 Å². The number of likely N-dealkylation sites (tertiary alicyclic amines) is 1. The molecule has 1 fully saturated rings. The molecule has 2 aromatic rings. The lowest BCUT2D eigenvalue weighted by Crippen LogP contribution is -2.42. The molecule has 1 aromatic carbocycles. The molecule has 0 aliphatic carbocycles. The zero-order valence-electron chi connectivity index (χ0n) is 16.9. The van der Waals surface area contributed by atoms with E-state index >= 15 is 0 Å². The van der Waals surface area contributed by atoms with E-state index < -0.39 is 0 Å². The number of carbonyl (C=O) groups excluding carboxylic acids is 3. The van der Waals surface area contributed by atoms with Crippen LogP contribution in [0.2, 0.25) is 0 Å². The normalized spacial score (nSPS) is 16.6. The summed E-state index contributed by atoms with van der Waals surface area (Å²) in [7, 11) is 0. The van der Waals surface area contributed by atoms with Gasteiger partial charge in [0.1, 0.15) is 0 Å². The second-order valence-corrected chi connectivity index (χ2v) is 8.19. The SMILES string of the molecule is CC(C)(C)N1CC(C(=O)Nc2ccc(CNC(=O)c3cccnc3)cc2)CC1=O. The van der Waals surface area contributed by atoms with E-state index in [1.165, 1.54) is 6.20 Å². The molecular weight excluding hydrogens is 368 g/mol. The highest BCUT2D eigenvalue weighted by molar-refractivity contribution is 5.97. The molecule has 1 unspecified atom stereocenters. The fourth-order valence-electron chi connectivity index (χ4n) is 3.26. The minimum absolute atomic E-state index is 0.0114. The Kier molecular flexibility index (Phi) is 5.96. The van der Waals surface area contributed by atoms with Gasteiger partial charge in [-0.15, -0.1) is 0 Å². The number of nitrogens with zero attached hydrogens (tertiary/aromatic N) is 2. The third kappa shape index (κ3) is 5.19. The van der Waals surface area contributed by atoms with Crippen LogP contribution in [0.15, 0.2) is 48.8 Å². The largest absolute Gasteiger partial charge is 0.348 e. The van der Waals surface area contributed by atoms with Crippen molar-refractivity contribution < 1.29 is 14.4 Å². The van der Waals surface area contributed by atoms with Crippen LogP contribution in [0.25, 0.3) is 0 Å². The summed E-state index contributed by atoms with van der Waals surface area (Å²) in [5.74, 6) is -0.676. The highest BCUT2D eigenvalue weighted by Crippen LogP contribution is 2.26. The van der Waals surface area contributed by atoms with Gasteiger partial charge in [0, 0.05) is 43.1 Å². The average Bonchev–Trinajstić information content (AvgIpc) is 3.10. The van der Waals surface area contributed by atoms with Crippen LogP contribution >= 0.6 is 0 Å². The Labute approximate surface area is 170 Å². The topological polar surface area (TPSA) is 91.4 Å². The molecule has 1 aliphatic rings. The Hall–Kier alpha value is -3.22. The summed E-state index contributed by atoms with van der Waals surface area (Å²) in [6, 6.07) is 10.7. The number of aromatic nitrogens is 1. The molecule has 3 amide bonds. The average molecular weight is 394 g/mol. The van der Waals surface area contributed by atoms with Crippen molar-refractivity contribution >= 4 is 23.4 Å². The van der Waals surface area contributed by atoms with Crippen LogP contribution in [0, 0.1) is 5.92 Å². The first-order chi connectivity index (χ1) is 13.7. The fourth-order valence-corrected chi connectivity index (χ4v) is 3.26. The van der Waals surface area contributed by atoms with Gasteiger partial charge in [-0.05, 0) is 50.6 Å². The van der Waals surface area contributed by atoms with Gasteiger partial charge in [-0.1, -0.05) is 12.1 Å². The van der Waals surface area contributed by atoms with Crippen molar-refractivity contribution in [2.24, 2.45) is 5.92 Å². The third-order valence-corrected chi connectivity index (χ3v) is 4.90. The van der Waals surface area contributed by atoms with E-state index in [0.29, 0.717) is 24.3 Å². The lowest BCUT2D eigenvalue weighted by atomic mass is 10.1. The maximum Gasteiger partial charge on any atom is 0.253 e. The number of hydrogen-bond acceptors (Lipinski definition) is 4. The highest BCUT2D eigenvalue weighted by Gasteiger charge is 2.39. The van der Waals surface area contributed by atoms with Crippen molar-refractivity contribution in [2.75, 3.05) is 11.9 Å². The number of nitrogens with one attached hydrogen (secondary N) is 2. The first-order valence-corrected chi connectivity index (χ1v) is 9.62. The van der Waals surface area contributed by atoms with Gasteiger partial charge in [0.15, 0.2) is 0 Å². The molecule has 29 heavy (non-hydrogen) atoms. The molecule has 2 heterocycles. The van der Waals surface area contributed by atoms with Crippen LogP contribution in [-0.2, 0) is 16.1 Å². The predicted molar refractivity (Wildman–Crippen MR) is 110 cm³/mol. The van der Waals surface area contributed by atoms with E-state index in [9.17, 15) is 14.4 Å². The summed E-state index contributed by atoms with van der Waals surface area (Å²) in [5.41, 5.74) is 1.80. The molecule has 0 bridgehead atoms. The number of carbonyl (C=O) groups is 3. The zero-order valence-corrected chi connectivity index (χ0v) is 16.9. The maximum atomic E-state index is 12.5. The Balaban J connectivity index is 1.52. The molecule has 1 atom stereocenters. The Morgan fingerprint density at radius 3 is 2.48 bits per heavy atom. The molecule has 0 saturated carbocycles. The predicted octanol–water partition coefficient (Wildman–Crippen LogP) is 2.60. The van der Waals surface area contributed by atoms with Gasteiger partial charge in [-0.2, -0.15) is 0 Å². The van der Waals surface area contributed by atoms with Crippen LogP contribution in [0.3, 0.4) is 0 Å². The van der Waals surface area contributed by atoms with Crippen LogP contribution in [0.5, 0.6) is 0 Å². The fraction of sp³-hybridized carbons (Fsp3) is 0.364. The number of pyridine rings is 1. The lowest BCUT2D eigenvalue weighted by Gasteiger charge is -2.31. The van der Waals surface area contributed by atoms with E-state index in [1.54, 1.807) is 35.4 Å². The smallest absolute Gasteiger partial charge is 0.253 e. The second-order valence-electron chi connectivity index (χ2n) is 8.19. The van der Waals surface area contributed by atoms with E-state index in [-0.39, 0.29) is 35.6 Å². The molecule has 1 aliphatic heterocycles. The monoisotopic (exact) mass is 394 g/mol. The van der Waals surface area contributed by atoms with Gasteiger partial charge in [0.25, 0.3) is 5.91 Å². The highest BCUT2D eigenvalue weighted by atomic mass is 16.2. The van der Waals surface area contributed by atoms with E-state index in [4.69, 9.17) is 0 Å². The number of benzene rings is 1. The summed E-state index contributed by atoms with van der Waals surface area (Å²) < 4.78 is 0. The van der Waals surface area contributed by atoms with Crippen LogP contribution in [-0.4, -0.2) is 39.7 Å². The van der Waals surface area contributed by atoms with Crippen molar-refractivity contribution in [1.82, 2.24) is 15.2 Å². The van der Waals surface area contributed by atoms with Gasteiger partial charge in [0.2, 0.25) is 11.8 Å². The van der Waals surface area contributed by atoms with Crippen molar-refractivity contribution in [3.05, 3.63) is 59.9 Å². The quantitative estimate of drug-likeness (QED) is 0.815. The minimum Gasteiger partial charge on any atom is -0.348 e. The van der Waals surface area contributed by atoms with Gasteiger partial charge >= 0.3 is 0 Å². The molecule has 3 rings (SSSR count). The second kappa shape index (κ2) is 8.43. The zero-order chi connectivity index (χ0) is 21.0. The third-order valence-electron chi connectivity index (χ3n) is 4.90. The number of anilines is 1. The molecule has 0 radical (unpaired) electrons. The van der Waals surface area contributed by atoms with Gasteiger partial charge in [-0.25, -0.2) is 0 Å². The van der Waals surface area contributed by atoms with Gasteiger partial charge in [-0.3, -0.25) is 19.4 Å². The number of hydrogen-bond donors (Lipinski definition) is 2. The summed E-state index contributed by atoms with van der Waals surface area (Å²) in [6.07, 6.45) is 3.37. The number of amides is 3. The van der Waals surface area contributed by atoms with E-state index in [1.807, 2.05) is 32.9 Å². The van der Waals surface area contributed by atoms with E-state index in [0.717, 1.165) is 5.56 Å². The molecule has 152 valence electrons. The first kappa shape index (κ1) is 20.5. The standard InChI is InChI=1S/C22H26N4O3/c1-22(2,3)26-14-17(11-19(26)27)21(29)25-18-8-6-15(7-9-18)12-24-20(28)16-5-4-10-23-13-16/h4-10,13,17H,11-12,14H2,1-3H3,(H,24,28)(H,25,29). The van der Waals surface area contributed by atoms with Crippen LogP contribution in [0.4, 0.5) is 5.69 Å². The molecule has 7 heteroatoms. The van der Waals surface area contributed by atoms with Crippen molar-refractivity contribution in [2.45, 2.75) is 39.3 Å². The Morgan fingerprint density at radius 2 is 1.90 bits per heavy atom. The molecule has 2 N–H and O–H groups in total. The van der Waals surface area contributed by atoms with Gasteiger partial charge in [0.05, 0.1) is 11.5 Å². The van der Waals surface area contributed by atoms with Gasteiger partial charge < -0.3 is 15.5 Å². The Bertz CT molecular complexity index is 889. The summed E-state index contributed by atoms with van der Waals surface area (Å²) in [5, 5.41) is 5.72. The Morgan fingerprint density at radius 1 is 1.17 bits per heavy atom. The van der Waals surface area contributed by atoms with Crippen molar-refractivity contribution in [3.8, 4) is 0 Å². The lowest BCUT2D eigenvalue weighted by molar-refractivity contribution is -0.131. The summed E-state index contributed by atoms with van der Waals surface area (Å²) in [6.45, 7) is 6.72. The van der Waals surface area contributed by atoms with Crippen molar-refractivity contribution in [3.63, 3.8) is 0 Å². The van der Waals surface area contributed by atoms with E-state index in [2.05, 4.69) is 15.6 Å². The molecule has 7 nitrogen and oxygen atoms in total. The van der Waals surface area contributed by atoms with Crippen molar-refractivity contribution in [1.29, 1.82) is 0 Å².